The molecule has 118 valence electrons. The summed E-state index contributed by atoms with van der Waals surface area (Å²) in [6.07, 6.45) is 7.58. The summed E-state index contributed by atoms with van der Waals surface area (Å²) in [7, 11) is 0. The molecule has 0 radical (unpaired) electrons. The summed E-state index contributed by atoms with van der Waals surface area (Å²) in [5.41, 5.74) is 1.79. The number of carbonyl (C=O) groups is 2. The molecule has 0 unspecified atom stereocenters. The first-order chi connectivity index (χ1) is 10.7. The van der Waals surface area contributed by atoms with Gasteiger partial charge in [-0.25, -0.2) is 0 Å². The molecule has 1 aromatic rings. The zero-order valence-electron chi connectivity index (χ0n) is 12.7. The molecule has 0 aromatic heterocycles. The molecule has 0 atom stereocenters. The summed E-state index contributed by atoms with van der Waals surface area (Å²) < 4.78 is 0. The van der Waals surface area contributed by atoms with Gasteiger partial charge in [0.05, 0.1) is 17.9 Å². The van der Waals surface area contributed by atoms with Crippen molar-refractivity contribution >= 4 is 29.3 Å². The maximum atomic E-state index is 12.2. The molecule has 22 heavy (non-hydrogen) atoms. The second-order valence-corrected chi connectivity index (χ2v) is 7.12. The maximum absolute atomic E-state index is 12.2. The molecule has 0 bridgehead atoms. The fraction of sp³-hybridized carbons (Fsp3) is 0.529. The van der Waals surface area contributed by atoms with E-state index in [-0.39, 0.29) is 11.8 Å². The van der Waals surface area contributed by atoms with Crippen LogP contribution in [0.5, 0.6) is 0 Å². The van der Waals surface area contributed by atoms with E-state index in [1.165, 1.54) is 25.7 Å². The summed E-state index contributed by atoms with van der Waals surface area (Å²) in [5, 5.41) is 6.04. The second-order valence-electron chi connectivity index (χ2n) is 6.10. The van der Waals surface area contributed by atoms with Gasteiger partial charge in [0.15, 0.2) is 0 Å². The summed E-state index contributed by atoms with van der Waals surface area (Å²) >= 11 is 1.54. The van der Waals surface area contributed by atoms with Gasteiger partial charge in [-0.1, -0.05) is 31.7 Å². The molecule has 5 heteroatoms. The Bertz CT molecular complexity index is 566. The Morgan fingerprint density at radius 1 is 1.23 bits per heavy atom. The van der Waals surface area contributed by atoms with Gasteiger partial charge in [-0.15, -0.1) is 11.8 Å². The molecule has 2 N–H and O–H groups in total. The van der Waals surface area contributed by atoms with Gasteiger partial charge in [-0.05, 0) is 30.5 Å². The van der Waals surface area contributed by atoms with E-state index >= 15 is 0 Å². The van der Waals surface area contributed by atoms with Crippen molar-refractivity contribution in [3.63, 3.8) is 0 Å². The van der Waals surface area contributed by atoms with Crippen molar-refractivity contribution < 1.29 is 9.59 Å². The first-order valence-electron chi connectivity index (χ1n) is 8.05. The van der Waals surface area contributed by atoms with Crippen molar-refractivity contribution in [1.82, 2.24) is 5.32 Å². The van der Waals surface area contributed by atoms with Crippen LogP contribution in [0.25, 0.3) is 0 Å². The molecular weight excluding hydrogens is 296 g/mol. The highest BCUT2D eigenvalue weighted by Gasteiger charge is 2.18. The maximum Gasteiger partial charge on any atom is 0.234 e. The average molecular weight is 318 g/mol. The van der Waals surface area contributed by atoms with Crippen LogP contribution in [0, 0.1) is 0 Å². The topological polar surface area (TPSA) is 58.2 Å². The smallest absolute Gasteiger partial charge is 0.234 e. The van der Waals surface area contributed by atoms with Gasteiger partial charge < -0.3 is 10.6 Å². The van der Waals surface area contributed by atoms with E-state index < -0.39 is 0 Å². The minimum absolute atomic E-state index is 0.0255. The van der Waals surface area contributed by atoms with Crippen molar-refractivity contribution in [3.8, 4) is 0 Å². The van der Waals surface area contributed by atoms with Gasteiger partial charge >= 0.3 is 0 Å². The van der Waals surface area contributed by atoms with E-state index in [1.807, 2.05) is 18.2 Å². The van der Waals surface area contributed by atoms with Gasteiger partial charge in [0, 0.05) is 10.9 Å². The van der Waals surface area contributed by atoms with E-state index in [9.17, 15) is 9.59 Å². The number of amides is 2. The first kappa shape index (κ1) is 15.4. The first-order valence-corrected chi connectivity index (χ1v) is 9.04. The number of nitrogens with one attached hydrogen (secondary N) is 2. The molecule has 1 aliphatic carbocycles. The zero-order valence-corrected chi connectivity index (χ0v) is 13.5. The summed E-state index contributed by atoms with van der Waals surface area (Å²) in [4.78, 5) is 24.7. The second kappa shape index (κ2) is 7.18. The molecule has 0 spiro atoms. The summed E-state index contributed by atoms with van der Waals surface area (Å²) in [6.45, 7) is 0. The van der Waals surface area contributed by atoms with Gasteiger partial charge in [0.2, 0.25) is 11.8 Å². The Morgan fingerprint density at radius 2 is 2.00 bits per heavy atom. The monoisotopic (exact) mass is 318 g/mol. The molecule has 1 aromatic carbocycles. The lowest BCUT2D eigenvalue weighted by Gasteiger charge is -2.18. The SMILES string of the molecule is O=C1CSc2ccc(CC(=O)NC3CCCCCC3)cc2N1. The van der Waals surface area contributed by atoms with Gasteiger partial charge in [0.25, 0.3) is 0 Å². The lowest BCUT2D eigenvalue weighted by Crippen LogP contribution is -2.35. The Hall–Kier alpha value is -1.49. The van der Waals surface area contributed by atoms with E-state index in [0.29, 0.717) is 18.2 Å². The lowest BCUT2D eigenvalue weighted by atomic mass is 10.1. The molecule has 1 heterocycles. The number of benzene rings is 1. The normalized spacial score (nSPS) is 19.0. The molecule has 0 saturated heterocycles. The van der Waals surface area contributed by atoms with E-state index in [2.05, 4.69) is 10.6 Å². The van der Waals surface area contributed by atoms with E-state index in [4.69, 9.17) is 0 Å². The van der Waals surface area contributed by atoms with Crippen LogP contribution >= 0.6 is 11.8 Å². The predicted molar refractivity (Wildman–Crippen MR) is 89.1 cm³/mol. The van der Waals surface area contributed by atoms with Crippen molar-refractivity contribution in [2.75, 3.05) is 11.1 Å². The van der Waals surface area contributed by atoms with Gasteiger partial charge in [0.1, 0.15) is 0 Å². The van der Waals surface area contributed by atoms with Crippen molar-refractivity contribution in [3.05, 3.63) is 23.8 Å². The van der Waals surface area contributed by atoms with Crippen LogP contribution < -0.4 is 10.6 Å². The third-order valence-electron chi connectivity index (χ3n) is 4.26. The van der Waals surface area contributed by atoms with Crippen LogP contribution in [0.3, 0.4) is 0 Å². The van der Waals surface area contributed by atoms with Gasteiger partial charge in [-0.2, -0.15) is 0 Å². The van der Waals surface area contributed by atoms with Crippen molar-refractivity contribution in [2.45, 2.75) is 55.9 Å². The highest BCUT2D eigenvalue weighted by atomic mass is 32.2. The average Bonchev–Trinajstić information content (AvgIpc) is 2.75. The summed E-state index contributed by atoms with van der Waals surface area (Å²) in [5.74, 6) is 0.577. The van der Waals surface area contributed by atoms with Crippen LogP contribution in [0.2, 0.25) is 0 Å². The Morgan fingerprint density at radius 3 is 2.77 bits per heavy atom. The van der Waals surface area contributed by atoms with Crippen molar-refractivity contribution in [2.24, 2.45) is 0 Å². The number of carbonyl (C=O) groups excluding carboxylic acids is 2. The van der Waals surface area contributed by atoms with Crippen LogP contribution in [0.15, 0.2) is 23.1 Å². The number of hydrogen-bond acceptors (Lipinski definition) is 3. The molecule has 1 fully saturated rings. The number of fused-ring (bicyclic) bond motifs is 1. The number of rotatable bonds is 3. The fourth-order valence-corrected chi connectivity index (χ4v) is 3.92. The Kier molecular flexibility index (Phi) is 5.03. The molecule has 2 aliphatic rings. The number of thioether (sulfide) groups is 1. The number of anilines is 1. The highest BCUT2D eigenvalue weighted by Crippen LogP contribution is 2.32. The van der Waals surface area contributed by atoms with Crippen LogP contribution in [0.4, 0.5) is 5.69 Å². The third kappa shape index (κ3) is 4.03. The highest BCUT2D eigenvalue weighted by molar-refractivity contribution is 8.00. The molecule has 4 nitrogen and oxygen atoms in total. The van der Waals surface area contributed by atoms with Crippen LogP contribution in [0.1, 0.15) is 44.1 Å². The summed E-state index contributed by atoms with van der Waals surface area (Å²) in [6, 6.07) is 6.23. The third-order valence-corrected chi connectivity index (χ3v) is 5.34. The zero-order chi connectivity index (χ0) is 15.4. The molecule has 3 rings (SSSR count). The van der Waals surface area contributed by atoms with Crippen molar-refractivity contribution in [1.29, 1.82) is 0 Å². The molecular formula is C17H22N2O2S. The standard InChI is InChI=1S/C17H22N2O2S/c20-16(18-13-5-3-1-2-4-6-13)10-12-7-8-15-14(9-12)19-17(21)11-22-15/h7-9,13H,1-6,10-11H2,(H,18,20)(H,19,21). The van der Waals surface area contributed by atoms with Crippen LogP contribution in [-0.2, 0) is 16.0 Å². The Balaban J connectivity index is 1.59. The quantitative estimate of drug-likeness (QED) is 0.842. The van der Waals surface area contributed by atoms with E-state index in [0.717, 1.165) is 29.0 Å². The molecule has 1 saturated carbocycles. The fourth-order valence-electron chi connectivity index (χ4n) is 3.13. The van der Waals surface area contributed by atoms with Crippen LogP contribution in [-0.4, -0.2) is 23.6 Å². The lowest BCUT2D eigenvalue weighted by molar-refractivity contribution is -0.121. The molecule has 2 amide bonds. The van der Waals surface area contributed by atoms with E-state index in [1.54, 1.807) is 11.8 Å². The largest absolute Gasteiger partial charge is 0.353 e. The number of hydrogen-bond donors (Lipinski definition) is 2. The molecule has 1 aliphatic heterocycles. The minimum Gasteiger partial charge on any atom is -0.353 e. The minimum atomic E-state index is 0.0255. The van der Waals surface area contributed by atoms with Gasteiger partial charge in [-0.3, -0.25) is 9.59 Å². The Labute approximate surface area is 135 Å². The predicted octanol–water partition coefficient (Wildman–Crippen LogP) is 3.11.